The first-order valence-corrected chi connectivity index (χ1v) is 6.85. The lowest BCUT2D eigenvalue weighted by Crippen LogP contribution is -2.43. The van der Waals surface area contributed by atoms with Crippen LogP contribution in [0.5, 0.6) is 0 Å². The number of hydrogen-bond acceptors (Lipinski definition) is 3. The predicted molar refractivity (Wildman–Crippen MR) is 66.7 cm³/mol. The second-order valence-electron chi connectivity index (χ2n) is 5.25. The minimum atomic E-state index is -0.238. The number of amides is 2. The first-order chi connectivity index (χ1) is 8.66. The van der Waals surface area contributed by atoms with Crippen molar-refractivity contribution < 1.29 is 14.3 Å². The van der Waals surface area contributed by atoms with Gasteiger partial charge in [0.1, 0.15) is 0 Å². The smallest absolute Gasteiger partial charge is 0.225 e. The van der Waals surface area contributed by atoms with Gasteiger partial charge in [0, 0.05) is 25.6 Å². The number of carbonyl (C=O) groups excluding carboxylic acids is 2. The van der Waals surface area contributed by atoms with E-state index in [1.807, 2.05) is 4.90 Å². The number of nitrogens with two attached hydrogens (primary N) is 1. The maximum absolute atomic E-state index is 12.1. The lowest BCUT2D eigenvalue weighted by Gasteiger charge is -2.32. The summed E-state index contributed by atoms with van der Waals surface area (Å²) in [5.74, 6) is -0.137. The Bertz CT molecular complexity index is 305. The van der Waals surface area contributed by atoms with Gasteiger partial charge in [0.2, 0.25) is 11.8 Å². The highest BCUT2D eigenvalue weighted by Gasteiger charge is 2.27. The molecule has 2 amide bonds. The molecule has 0 bridgehead atoms. The molecule has 0 aromatic heterocycles. The molecule has 0 radical (unpaired) electrons. The van der Waals surface area contributed by atoms with Gasteiger partial charge in [0.15, 0.2) is 0 Å². The highest BCUT2D eigenvalue weighted by Crippen LogP contribution is 2.20. The van der Waals surface area contributed by atoms with Crippen LogP contribution < -0.4 is 5.73 Å². The van der Waals surface area contributed by atoms with Gasteiger partial charge in [-0.2, -0.15) is 0 Å². The number of ether oxygens (including phenoxy) is 1. The zero-order valence-electron chi connectivity index (χ0n) is 10.8. The van der Waals surface area contributed by atoms with Gasteiger partial charge < -0.3 is 15.4 Å². The summed E-state index contributed by atoms with van der Waals surface area (Å²) in [5, 5.41) is 0. The molecule has 2 fully saturated rings. The van der Waals surface area contributed by atoms with Crippen LogP contribution in [0.15, 0.2) is 0 Å². The molecule has 2 heterocycles. The van der Waals surface area contributed by atoms with Crippen molar-refractivity contribution in [1.82, 2.24) is 4.90 Å². The maximum atomic E-state index is 12.1. The third-order valence-electron chi connectivity index (χ3n) is 3.93. The van der Waals surface area contributed by atoms with Gasteiger partial charge in [-0.1, -0.05) is 0 Å². The molecule has 2 aliphatic heterocycles. The van der Waals surface area contributed by atoms with Crippen molar-refractivity contribution in [3.8, 4) is 0 Å². The average Bonchev–Trinajstić information content (AvgIpc) is 2.40. The van der Waals surface area contributed by atoms with Crippen molar-refractivity contribution in [2.75, 3.05) is 19.7 Å². The second kappa shape index (κ2) is 6.18. The van der Waals surface area contributed by atoms with Crippen LogP contribution in [0.3, 0.4) is 0 Å². The third-order valence-corrected chi connectivity index (χ3v) is 3.93. The van der Waals surface area contributed by atoms with Crippen molar-refractivity contribution in [2.24, 2.45) is 11.7 Å². The van der Waals surface area contributed by atoms with Crippen molar-refractivity contribution in [3.05, 3.63) is 0 Å². The van der Waals surface area contributed by atoms with Gasteiger partial charge in [-0.25, -0.2) is 0 Å². The van der Waals surface area contributed by atoms with Crippen LogP contribution >= 0.6 is 0 Å². The minimum absolute atomic E-state index is 0.0556. The second-order valence-corrected chi connectivity index (χ2v) is 5.25. The molecule has 0 aromatic rings. The highest BCUT2D eigenvalue weighted by atomic mass is 16.5. The Hall–Kier alpha value is -1.10. The zero-order chi connectivity index (χ0) is 13.0. The summed E-state index contributed by atoms with van der Waals surface area (Å²) < 4.78 is 5.58. The van der Waals surface area contributed by atoms with Gasteiger partial charge in [-0.3, -0.25) is 9.59 Å². The Morgan fingerprint density at radius 1 is 1.17 bits per heavy atom. The Balaban J connectivity index is 1.75. The Morgan fingerprint density at radius 3 is 2.44 bits per heavy atom. The number of likely N-dealkylation sites (tertiary alicyclic amines) is 1. The number of piperidine rings is 1. The van der Waals surface area contributed by atoms with Crippen molar-refractivity contribution >= 4 is 11.8 Å². The molecule has 102 valence electrons. The zero-order valence-corrected chi connectivity index (χ0v) is 10.8. The van der Waals surface area contributed by atoms with Crippen molar-refractivity contribution in [3.63, 3.8) is 0 Å². The average molecular weight is 254 g/mol. The molecule has 2 saturated heterocycles. The lowest BCUT2D eigenvalue weighted by atomic mass is 9.95. The van der Waals surface area contributed by atoms with E-state index in [1.54, 1.807) is 0 Å². The molecule has 0 spiro atoms. The summed E-state index contributed by atoms with van der Waals surface area (Å²) in [6, 6.07) is 0. The monoisotopic (exact) mass is 254 g/mol. The fourth-order valence-electron chi connectivity index (χ4n) is 2.71. The van der Waals surface area contributed by atoms with E-state index in [2.05, 4.69) is 0 Å². The molecular formula is C13H22N2O3. The van der Waals surface area contributed by atoms with Crippen LogP contribution in [0, 0.1) is 5.92 Å². The summed E-state index contributed by atoms with van der Waals surface area (Å²) >= 11 is 0. The standard InChI is InChI=1S/C13H22N2O3/c14-13(17)10-4-6-15(7-5-10)12(16)9-11-3-1-2-8-18-11/h10-11H,1-9H2,(H2,14,17). The molecule has 2 aliphatic rings. The molecular weight excluding hydrogens is 232 g/mol. The number of primary amides is 1. The van der Waals surface area contributed by atoms with Gasteiger partial charge in [-0.05, 0) is 32.1 Å². The fraction of sp³-hybridized carbons (Fsp3) is 0.846. The molecule has 0 saturated carbocycles. The summed E-state index contributed by atoms with van der Waals surface area (Å²) in [4.78, 5) is 25.0. The van der Waals surface area contributed by atoms with E-state index in [4.69, 9.17) is 10.5 Å². The molecule has 0 aromatic carbocycles. The van der Waals surface area contributed by atoms with Gasteiger partial charge >= 0.3 is 0 Å². The predicted octanol–water partition coefficient (Wildman–Crippen LogP) is 0.669. The third kappa shape index (κ3) is 3.45. The first-order valence-electron chi connectivity index (χ1n) is 6.85. The van der Waals surface area contributed by atoms with E-state index in [9.17, 15) is 9.59 Å². The van der Waals surface area contributed by atoms with Crippen LogP contribution in [0.4, 0.5) is 0 Å². The van der Waals surface area contributed by atoms with Crippen LogP contribution in [-0.4, -0.2) is 42.5 Å². The summed E-state index contributed by atoms with van der Waals surface area (Å²) in [7, 11) is 0. The Kier molecular flexibility index (Phi) is 4.58. The molecule has 1 unspecified atom stereocenters. The molecule has 1 atom stereocenters. The lowest BCUT2D eigenvalue weighted by molar-refractivity contribution is -0.138. The number of rotatable bonds is 3. The Labute approximate surface area is 108 Å². The summed E-state index contributed by atoms with van der Waals surface area (Å²) in [6.07, 6.45) is 5.24. The molecule has 18 heavy (non-hydrogen) atoms. The van der Waals surface area contributed by atoms with Crippen LogP contribution in [0.1, 0.15) is 38.5 Å². The Morgan fingerprint density at radius 2 is 1.89 bits per heavy atom. The van der Waals surface area contributed by atoms with E-state index < -0.39 is 0 Å². The number of carbonyl (C=O) groups is 2. The fourth-order valence-corrected chi connectivity index (χ4v) is 2.71. The van der Waals surface area contributed by atoms with Gasteiger partial charge in [0.25, 0.3) is 0 Å². The SMILES string of the molecule is NC(=O)C1CCN(C(=O)CC2CCCCO2)CC1. The molecule has 5 heteroatoms. The number of hydrogen-bond donors (Lipinski definition) is 1. The molecule has 0 aliphatic carbocycles. The van der Waals surface area contributed by atoms with Crippen LogP contribution in [-0.2, 0) is 14.3 Å². The molecule has 2 rings (SSSR count). The maximum Gasteiger partial charge on any atom is 0.225 e. The van der Waals surface area contributed by atoms with Crippen LogP contribution in [0.2, 0.25) is 0 Å². The van der Waals surface area contributed by atoms with Crippen molar-refractivity contribution in [1.29, 1.82) is 0 Å². The minimum Gasteiger partial charge on any atom is -0.378 e. The van der Waals surface area contributed by atoms with E-state index in [0.717, 1.165) is 25.9 Å². The topological polar surface area (TPSA) is 72.6 Å². The largest absolute Gasteiger partial charge is 0.378 e. The first kappa shape index (κ1) is 13.3. The van der Waals surface area contributed by atoms with E-state index in [1.165, 1.54) is 0 Å². The highest BCUT2D eigenvalue weighted by molar-refractivity contribution is 5.79. The molecule has 2 N–H and O–H groups in total. The van der Waals surface area contributed by atoms with Gasteiger partial charge in [-0.15, -0.1) is 0 Å². The van der Waals surface area contributed by atoms with E-state index in [0.29, 0.717) is 32.4 Å². The van der Waals surface area contributed by atoms with Crippen molar-refractivity contribution in [2.45, 2.75) is 44.6 Å². The number of nitrogens with zero attached hydrogens (tertiary/aromatic N) is 1. The quantitative estimate of drug-likeness (QED) is 0.804. The summed E-state index contributed by atoms with van der Waals surface area (Å²) in [5.41, 5.74) is 5.28. The normalized spacial score (nSPS) is 26.0. The molecule has 5 nitrogen and oxygen atoms in total. The van der Waals surface area contributed by atoms with Crippen LogP contribution in [0.25, 0.3) is 0 Å². The summed E-state index contributed by atoms with van der Waals surface area (Å²) in [6.45, 7) is 2.08. The van der Waals surface area contributed by atoms with E-state index >= 15 is 0 Å². The van der Waals surface area contributed by atoms with Gasteiger partial charge in [0.05, 0.1) is 12.5 Å². The van der Waals surface area contributed by atoms with E-state index in [-0.39, 0.29) is 23.8 Å².